The Morgan fingerprint density at radius 2 is 1.96 bits per heavy atom. The van der Waals surface area contributed by atoms with Gasteiger partial charge in [0, 0.05) is 58.2 Å². The van der Waals surface area contributed by atoms with Crippen LogP contribution in [0.5, 0.6) is 0 Å². The SMILES string of the molecule is Cc1nc2ccccc2n1CCC(=O)N1C[C@@H](CN2CCOCC2)[C@@H](CO)C1. The second-order valence-corrected chi connectivity index (χ2v) is 7.96. The summed E-state index contributed by atoms with van der Waals surface area (Å²) in [6.45, 7) is 8.53. The van der Waals surface area contributed by atoms with Gasteiger partial charge in [-0.15, -0.1) is 0 Å². The summed E-state index contributed by atoms with van der Waals surface area (Å²) >= 11 is 0. The number of benzene rings is 1. The van der Waals surface area contributed by atoms with E-state index in [9.17, 15) is 9.90 Å². The Kier molecular flexibility index (Phi) is 5.94. The molecule has 3 heterocycles. The molecule has 1 aromatic heterocycles. The lowest BCUT2D eigenvalue weighted by Gasteiger charge is -2.30. The van der Waals surface area contributed by atoms with Gasteiger partial charge in [0.1, 0.15) is 5.82 Å². The number of para-hydroxylation sites is 2. The van der Waals surface area contributed by atoms with Crippen LogP contribution >= 0.6 is 0 Å². The van der Waals surface area contributed by atoms with E-state index in [-0.39, 0.29) is 18.4 Å². The fourth-order valence-electron chi connectivity index (χ4n) is 4.52. The summed E-state index contributed by atoms with van der Waals surface area (Å²) in [5.41, 5.74) is 2.05. The molecule has 2 fully saturated rings. The zero-order valence-electron chi connectivity index (χ0n) is 16.6. The van der Waals surface area contributed by atoms with Crippen molar-refractivity contribution in [1.29, 1.82) is 0 Å². The van der Waals surface area contributed by atoms with E-state index in [0.29, 0.717) is 25.4 Å². The number of ether oxygens (including phenoxy) is 1. The standard InChI is InChI=1S/C21H30N4O3/c1-16-22-19-4-2-3-5-20(19)25(16)7-6-21(27)24-13-17(18(14-24)15-26)12-23-8-10-28-11-9-23/h2-5,17-18,26H,6-15H2,1H3/t17-,18-/m1/s1. The number of aryl methyl sites for hydroxylation is 2. The van der Waals surface area contributed by atoms with Gasteiger partial charge in [0.25, 0.3) is 0 Å². The van der Waals surface area contributed by atoms with Gasteiger partial charge in [-0.1, -0.05) is 12.1 Å². The summed E-state index contributed by atoms with van der Waals surface area (Å²) in [5.74, 6) is 1.61. The normalized spacial score (nSPS) is 23.6. The van der Waals surface area contributed by atoms with E-state index >= 15 is 0 Å². The molecule has 2 aliphatic heterocycles. The van der Waals surface area contributed by atoms with Crippen molar-refractivity contribution in [3.05, 3.63) is 30.1 Å². The summed E-state index contributed by atoms with van der Waals surface area (Å²) in [4.78, 5) is 21.8. The monoisotopic (exact) mass is 386 g/mol. The first-order chi connectivity index (χ1) is 13.7. The van der Waals surface area contributed by atoms with Gasteiger partial charge in [-0.3, -0.25) is 9.69 Å². The molecule has 0 aliphatic carbocycles. The fourth-order valence-corrected chi connectivity index (χ4v) is 4.52. The molecule has 1 amide bonds. The molecule has 0 radical (unpaired) electrons. The van der Waals surface area contributed by atoms with Crippen LogP contribution in [-0.2, 0) is 16.1 Å². The minimum atomic E-state index is 0.143. The number of aliphatic hydroxyl groups is 1. The van der Waals surface area contributed by atoms with Crippen LogP contribution < -0.4 is 0 Å². The van der Waals surface area contributed by atoms with E-state index in [1.54, 1.807) is 0 Å². The molecular weight excluding hydrogens is 356 g/mol. The molecule has 0 bridgehead atoms. The molecule has 152 valence electrons. The topological polar surface area (TPSA) is 70.8 Å². The number of imidazole rings is 1. The summed E-state index contributed by atoms with van der Waals surface area (Å²) in [5, 5.41) is 9.81. The number of aliphatic hydroxyl groups excluding tert-OH is 1. The highest BCUT2D eigenvalue weighted by Gasteiger charge is 2.35. The Balaban J connectivity index is 1.36. The van der Waals surface area contributed by atoms with Gasteiger partial charge < -0.3 is 19.3 Å². The van der Waals surface area contributed by atoms with Crippen LogP contribution in [0.4, 0.5) is 0 Å². The molecule has 2 aromatic rings. The minimum absolute atomic E-state index is 0.143. The third-order valence-corrected chi connectivity index (χ3v) is 6.15. The van der Waals surface area contributed by atoms with Gasteiger partial charge in [0.15, 0.2) is 0 Å². The van der Waals surface area contributed by atoms with E-state index in [4.69, 9.17) is 4.74 Å². The molecule has 1 aromatic carbocycles. The fraction of sp³-hybridized carbons (Fsp3) is 0.619. The molecule has 7 nitrogen and oxygen atoms in total. The number of hydrogen-bond acceptors (Lipinski definition) is 5. The maximum atomic E-state index is 12.9. The Hall–Kier alpha value is -1.96. The summed E-state index contributed by atoms with van der Waals surface area (Å²) in [6, 6.07) is 8.04. The molecule has 2 atom stereocenters. The lowest BCUT2D eigenvalue weighted by atomic mass is 9.96. The number of fused-ring (bicyclic) bond motifs is 1. The van der Waals surface area contributed by atoms with Crippen LogP contribution in [0.3, 0.4) is 0 Å². The van der Waals surface area contributed by atoms with Crippen molar-refractivity contribution in [3.63, 3.8) is 0 Å². The lowest BCUT2D eigenvalue weighted by molar-refractivity contribution is -0.130. The van der Waals surface area contributed by atoms with Gasteiger partial charge >= 0.3 is 0 Å². The quantitative estimate of drug-likeness (QED) is 0.806. The van der Waals surface area contributed by atoms with E-state index in [0.717, 1.165) is 56.3 Å². The predicted octanol–water partition coefficient (Wildman–Crippen LogP) is 1.13. The third-order valence-electron chi connectivity index (χ3n) is 6.15. The van der Waals surface area contributed by atoms with E-state index < -0.39 is 0 Å². The van der Waals surface area contributed by atoms with E-state index in [1.807, 2.05) is 30.0 Å². The first-order valence-corrected chi connectivity index (χ1v) is 10.3. The molecule has 28 heavy (non-hydrogen) atoms. The van der Waals surface area contributed by atoms with Gasteiger partial charge in [-0.25, -0.2) is 4.98 Å². The maximum absolute atomic E-state index is 12.9. The third kappa shape index (κ3) is 4.06. The van der Waals surface area contributed by atoms with Crippen molar-refractivity contribution >= 4 is 16.9 Å². The summed E-state index contributed by atoms with van der Waals surface area (Å²) in [6.07, 6.45) is 0.462. The molecule has 0 spiro atoms. The molecule has 2 saturated heterocycles. The number of hydrogen-bond donors (Lipinski definition) is 1. The van der Waals surface area contributed by atoms with E-state index in [1.165, 1.54) is 0 Å². The van der Waals surface area contributed by atoms with Crippen LogP contribution in [0.25, 0.3) is 11.0 Å². The lowest BCUT2D eigenvalue weighted by Crippen LogP contribution is -2.41. The van der Waals surface area contributed by atoms with Gasteiger partial charge in [0.05, 0.1) is 24.2 Å². The number of carbonyl (C=O) groups is 1. The Labute approximate surface area is 165 Å². The minimum Gasteiger partial charge on any atom is -0.396 e. The van der Waals surface area contributed by atoms with Crippen LogP contribution in [0.1, 0.15) is 12.2 Å². The zero-order valence-corrected chi connectivity index (χ0v) is 16.6. The van der Waals surface area contributed by atoms with Crippen molar-refractivity contribution in [2.45, 2.75) is 19.9 Å². The van der Waals surface area contributed by atoms with Crippen LogP contribution in [0.2, 0.25) is 0 Å². The van der Waals surface area contributed by atoms with Crippen molar-refractivity contribution in [2.75, 3.05) is 52.5 Å². The van der Waals surface area contributed by atoms with Gasteiger partial charge in [-0.2, -0.15) is 0 Å². The molecular formula is C21H30N4O3. The average molecular weight is 386 g/mol. The highest BCUT2D eigenvalue weighted by molar-refractivity contribution is 5.78. The number of aromatic nitrogens is 2. The first kappa shape index (κ1) is 19.4. The molecule has 0 saturated carbocycles. The summed E-state index contributed by atoms with van der Waals surface area (Å²) in [7, 11) is 0. The highest BCUT2D eigenvalue weighted by atomic mass is 16.5. The number of nitrogens with zero attached hydrogens (tertiary/aromatic N) is 4. The maximum Gasteiger partial charge on any atom is 0.224 e. The summed E-state index contributed by atoms with van der Waals surface area (Å²) < 4.78 is 7.54. The van der Waals surface area contributed by atoms with Crippen LogP contribution in [0, 0.1) is 18.8 Å². The van der Waals surface area contributed by atoms with Gasteiger partial charge in [-0.05, 0) is 25.0 Å². The van der Waals surface area contributed by atoms with E-state index in [2.05, 4.69) is 20.5 Å². The number of rotatable bonds is 6. The number of likely N-dealkylation sites (tertiary alicyclic amines) is 1. The number of amides is 1. The molecule has 0 unspecified atom stereocenters. The largest absolute Gasteiger partial charge is 0.396 e. The zero-order chi connectivity index (χ0) is 19.5. The Morgan fingerprint density at radius 1 is 1.21 bits per heavy atom. The first-order valence-electron chi connectivity index (χ1n) is 10.3. The van der Waals surface area contributed by atoms with Crippen molar-refractivity contribution in [2.24, 2.45) is 11.8 Å². The molecule has 2 aliphatic rings. The van der Waals surface area contributed by atoms with Crippen LogP contribution in [-0.4, -0.2) is 82.9 Å². The number of morpholine rings is 1. The predicted molar refractivity (Wildman–Crippen MR) is 107 cm³/mol. The van der Waals surface area contributed by atoms with Crippen molar-refractivity contribution in [3.8, 4) is 0 Å². The Morgan fingerprint density at radius 3 is 2.75 bits per heavy atom. The van der Waals surface area contributed by atoms with Crippen molar-refractivity contribution < 1.29 is 14.6 Å². The molecule has 7 heteroatoms. The molecule has 1 N–H and O–H groups in total. The second-order valence-electron chi connectivity index (χ2n) is 7.96. The highest BCUT2D eigenvalue weighted by Crippen LogP contribution is 2.25. The average Bonchev–Trinajstić information content (AvgIpc) is 3.27. The Bertz CT molecular complexity index is 815. The van der Waals surface area contributed by atoms with Gasteiger partial charge in [0.2, 0.25) is 5.91 Å². The van der Waals surface area contributed by atoms with Crippen LogP contribution in [0.15, 0.2) is 24.3 Å². The second kappa shape index (κ2) is 8.59. The number of carbonyl (C=O) groups excluding carboxylic acids is 1. The molecule has 4 rings (SSSR count). The smallest absolute Gasteiger partial charge is 0.224 e. The van der Waals surface area contributed by atoms with Crippen molar-refractivity contribution in [1.82, 2.24) is 19.4 Å².